The van der Waals surface area contributed by atoms with Gasteiger partial charge in [-0.05, 0) is 42.4 Å². The third kappa shape index (κ3) is 5.34. The predicted octanol–water partition coefficient (Wildman–Crippen LogP) is 3.73. The zero-order chi connectivity index (χ0) is 22.6. The number of nitrogens with zero attached hydrogens (tertiary/aromatic N) is 2. The van der Waals surface area contributed by atoms with E-state index in [1.54, 1.807) is 11.8 Å². The second-order valence-corrected chi connectivity index (χ2v) is 10.3. The summed E-state index contributed by atoms with van der Waals surface area (Å²) in [5, 5.41) is 4.72. The summed E-state index contributed by atoms with van der Waals surface area (Å²) in [6.07, 6.45) is 4.20. The molecule has 2 saturated heterocycles. The van der Waals surface area contributed by atoms with Crippen LogP contribution in [0.25, 0.3) is 0 Å². The van der Waals surface area contributed by atoms with Gasteiger partial charge in [0.05, 0.1) is 29.6 Å². The van der Waals surface area contributed by atoms with Gasteiger partial charge in [0.15, 0.2) is 0 Å². The minimum Gasteiger partial charge on any atom is -0.381 e. The van der Waals surface area contributed by atoms with Gasteiger partial charge in [0.2, 0.25) is 0 Å². The highest BCUT2D eigenvalue weighted by Crippen LogP contribution is 2.31. The van der Waals surface area contributed by atoms with Crippen molar-refractivity contribution in [2.75, 3.05) is 39.2 Å². The molecule has 4 rings (SSSR count). The van der Waals surface area contributed by atoms with Crippen LogP contribution in [0.4, 0.5) is 0 Å². The molecule has 0 bridgehead atoms. The van der Waals surface area contributed by atoms with E-state index < -0.39 is 0 Å². The van der Waals surface area contributed by atoms with E-state index in [4.69, 9.17) is 25.2 Å². The van der Waals surface area contributed by atoms with Gasteiger partial charge in [0, 0.05) is 55.8 Å². The molecule has 32 heavy (non-hydrogen) atoms. The maximum absolute atomic E-state index is 6.07. The number of rotatable bonds is 9. The van der Waals surface area contributed by atoms with Crippen LogP contribution in [0.3, 0.4) is 0 Å². The largest absolute Gasteiger partial charge is 0.381 e. The molecule has 6 nitrogen and oxygen atoms in total. The molecule has 0 amide bonds. The molecule has 0 saturated carbocycles. The van der Waals surface area contributed by atoms with Crippen molar-refractivity contribution >= 4 is 11.8 Å². The fourth-order valence-corrected chi connectivity index (χ4v) is 5.09. The zero-order valence-electron chi connectivity index (χ0n) is 19.5. The number of nitrogens with two attached hydrogens (primary N) is 1. The summed E-state index contributed by atoms with van der Waals surface area (Å²) in [5.74, 6) is 0.869. The van der Waals surface area contributed by atoms with Crippen LogP contribution >= 0.6 is 11.8 Å². The Kier molecular flexibility index (Phi) is 7.84. The second kappa shape index (κ2) is 10.6. The number of thioether (sulfide) groups is 1. The molecule has 2 atom stereocenters. The Morgan fingerprint density at radius 1 is 1.00 bits per heavy atom. The summed E-state index contributed by atoms with van der Waals surface area (Å²) in [6.45, 7) is 9.71. The smallest absolute Gasteiger partial charge is 0.0961 e. The summed E-state index contributed by atoms with van der Waals surface area (Å²) >= 11 is 1.68. The van der Waals surface area contributed by atoms with Crippen molar-refractivity contribution in [1.82, 2.24) is 15.3 Å². The van der Waals surface area contributed by atoms with E-state index >= 15 is 0 Å². The lowest BCUT2D eigenvalue weighted by molar-refractivity contribution is 0.193. The molecule has 1 unspecified atom stereocenters. The predicted molar refractivity (Wildman–Crippen MR) is 129 cm³/mol. The molecule has 2 aromatic rings. The highest BCUT2D eigenvalue weighted by molar-refractivity contribution is 7.98. The summed E-state index contributed by atoms with van der Waals surface area (Å²) in [4.78, 5) is 9.90. The minimum absolute atomic E-state index is 0.123. The first-order valence-electron chi connectivity index (χ1n) is 11.6. The standard InChI is InChI=1S/C25H36N4O2S/c1-25(2,23-6-4-19(21(12-26)28-23)17-8-10-30-14-17)16-27-13-22-20(18-9-11-31-15-18)5-7-24(29-22)32-3/h4-7,17-18,27H,8-16,26H2,1-3H3/t17?,18-/m0/s1. The lowest BCUT2D eigenvalue weighted by Crippen LogP contribution is -2.34. The van der Waals surface area contributed by atoms with Crippen LogP contribution in [0.5, 0.6) is 0 Å². The van der Waals surface area contributed by atoms with Crippen molar-refractivity contribution in [2.45, 2.75) is 62.1 Å². The molecule has 2 aliphatic rings. The number of hydrogen-bond acceptors (Lipinski definition) is 7. The van der Waals surface area contributed by atoms with E-state index in [2.05, 4.69) is 49.7 Å². The fraction of sp³-hybridized carbons (Fsp3) is 0.600. The Bertz CT molecular complexity index is 909. The summed E-state index contributed by atoms with van der Waals surface area (Å²) < 4.78 is 11.2. The normalized spacial score (nSPS) is 21.4. The highest BCUT2D eigenvalue weighted by atomic mass is 32.2. The highest BCUT2D eigenvalue weighted by Gasteiger charge is 2.27. The number of ether oxygens (including phenoxy) is 2. The van der Waals surface area contributed by atoms with Gasteiger partial charge in [0.25, 0.3) is 0 Å². The molecular weight excluding hydrogens is 420 g/mol. The van der Waals surface area contributed by atoms with Crippen LogP contribution < -0.4 is 11.1 Å². The zero-order valence-corrected chi connectivity index (χ0v) is 20.3. The Morgan fingerprint density at radius 3 is 2.25 bits per heavy atom. The van der Waals surface area contributed by atoms with Gasteiger partial charge in [-0.25, -0.2) is 4.98 Å². The molecule has 2 aromatic heterocycles. The van der Waals surface area contributed by atoms with E-state index in [1.807, 2.05) is 0 Å². The number of pyridine rings is 2. The Balaban J connectivity index is 1.45. The van der Waals surface area contributed by atoms with Gasteiger partial charge in [0.1, 0.15) is 0 Å². The number of nitrogens with one attached hydrogen (secondary N) is 1. The van der Waals surface area contributed by atoms with Crippen molar-refractivity contribution in [3.8, 4) is 0 Å². The van der Waals surface area contributed by atoms with Crippen molar-refractivity contribution in [2.24, 2.45) is 5.73 Å². The SMILES string of the molecule is CSc1ccc([C@H]2CCOC2)c(CNCC(C)(C)c2ccc(C3CCOC3)c(CN)n2)n1. The number of hydrogen-bond donors (Lipinski definition) is 2. The third-order valence-electron chi connectivity index (χ3n) is 6.69. The first-order valence-corrected chi connectivity index (χ1v) is 12.8. The Hall–Kier alpha value is -1.51. The van der Waals surface area contributed by atoms with Crippen LogP contribution in [-0.4, -0.2) is 49.2 Å². The third-order valence-corrected chi connectivity index (χ3v) is 7.33. The molecule has 0 spiro atoms. The van der Waals surface area contributed by atoms with Crippen molar-refractivity contribution < 1.29 is 9.47 Å². The van der Waals surface area contributed by atoms with Crippen LogP contribution in [0.15, 0.2) is 29.3 Å². The van der Waals surface area contributed by atoms with Gasteiger partial charge < -0.3 is 20.5 Å². The molecule has 4 heterocycles. The van der Waals surface area contributed by atoms with E-state index in [9.17, 15) is 0 Å². The summed E-state index contributed by atoms with van der Waals surface area (Å²) in [6, 6.07) is 8.75. The molecule has 0 aromatic carbocycles. The van der Waals surface area contributed by atoms with E-state index in [0.29, 0.717) is 18.4 Å². The van der Waals surface area contributed by atoms with Crippen LogP contribution in [0, 0.1) is 0 Å². The molecule has 3 N–H and O–H groups in total. The van der Waals surface area contributed by atoms with Crippen LogP contribution in [0.1, 0.15) is 66.7 Å². The van der Waals surface area contributed by atoms with Crippen LogP contribution in [-0.2, 0) is 28.0 Å². The maximum Gasteiger partial charge on any atom is 0.0961 e. The lowest BCUT2D eigenvalue weighted by Gasteiger charge is -2.27. The quantitative estimate of drug-likeness (QED) is 0.556. The Labute approximate surface area is 196 Å². The molecule has 0 radical (unpaired) electrons. The van der Waals surface area contributed by atoms with Gasteiger partial charge in [-0.3, -0.25) is 4.98 Å². The van der Waals surface area contributed by atoms with Gasteiger partial charge in [-0.2, -0.15) is 0 Å². The second-order valence-electron chi connectivity index (χ2n) is 9.43. The first-order chi connectivity index (χ1) is 15.5. The van der Waals surface area contributed by atoms with Crippen LogP contribution in [0.2, 0.25) is 0 Å². The van der Waals surface area contributed by atoms with Gasteiger partial charge >= 0.3 is 0 Å². The monoisotopic (exact) mass is 456 g/mol. The first kappa shape index (κ1) is 23.6. The molecular formula is C25H36N4O2S. The molecule has 2 aliphatic heterocycles. The van der Waals surface area contributed by atoms with Crippen molar-refractivity contribution in [1.29, 1.82) is 0 Å². The fourth-order valence-electron chi connectivity index (χ4n) is 4.69. The summed E-state index contributed by atoms with van der Waals surface area (Å²) in [7, 11) is 0. The molecule has 2 fully saturated rings. The van der Waals surface area contributed by atoms with E-state index in [-0.39, 0.29) is 5.41 Å². The van der Waals surface area contributed by atoms with E-state index in [1.165, 1.54) is 11.1 Å². The van der Waals surface area contributed by atoms with Crippen molar-refractivity contribution in [3.63, 3.8) is 0 Å². The summed E-state index contributed by atoms with van der Waals surface area (Å²) in [5.41, 5.74) is 11.7. The van der Waals surface area contributed by atoms with Crippen molar-refractivity contribution in [3.05, 3.63) is 52.5 Å². The topological polar surface area (TPSA) is 82.3 Å². The Morgan fingerprint density at radius 2 is 1.66 bits per heavy atom. The maximum atomic E-state index is 6.07. The lowest BCUT2D eigenvalue weighted by atomic mass is 9.86. The van der Waals surface area contributed by atoms with E-state index in [0.717, 1.165) is 74.5 Å². The van der Waals surface area contributed by atoms with Gasteiger partial charge in [-0.1, -0.05) is 26.0 Å². The number of aromatic nitrogens is 2. The average molecular weight is 457 g/mol. The molecule has 0 aliphatic carbocycles. The average Bonchev–Trinajstić information content (AvgIpc) is 3.53. The molecule has 174 valence electrons. The molecule has 7 heteroatoms. The minimum atomic E-state index is -0.123. The van der Waals surface area contributed by atoms with Gasteiger partial charge in [-0.15, -0.1) is 11.8 Å².